The number of rotatable bonds is 9. The molecule has 1 N–H and O–H groups in total. The zero-order valence-electron chi connectivity index (χ0n) is 20.7. The molecule has 0 saturated heterocycles. The van der Waals surface area contributed by atoms with Crippen LogP contribution < -0.4 is 14.8 Å². The maximum Gasteiger partial charge on any atom is 0.328 e. The molecule has 3 rings (SSSR count). The summed E-state index contributed by atoms with van der Waals surface area (Å²) in [7, 11) is 1.34. The van der Waals surface area contributed by atoms with Gasteiger partial charge in [0.25, 0.3) is 5.91 Å². The minimum atomic E-state index is -1.12. The Balaban J connectivity index is 1.78. The molecule has 10 heteroatoms. The summed E-state index contributed by atoms with van der Waals surface area (Å²) in [6, 6.07) is 11.7. The lowest BCUT2D eigenvalue weighted by Gasteiger charge is -2.26. The quantitative estimate of drug-likeness (QED) is 0.429. The Hall–Kier alpha value is -4.34. The number of methoxy groups -OCH3 is 1. The monoisotopic (exact) mass is 512 g/mol. The van der Waals surface area contributed by atoms with Gasteiger partial charge >= 0.3 is 11.9 Å². The Morgan fingerprint density at radius 2 is 1.43 bits per heavy atom. The van der Waals surface area contributed by atoms with E-state index in [4.69, 9.17) is 14.2 Å². The maximum atomic E-state index is 13.5. The van der Waals surface area contributed by atoms with Crippen molar-refractivity contribution in [2.75, 3.05) is 7.11 Å². The highest BCUT2D eigenvalue weighted by Crippen LogP contribution is 2.31. The first kappa shape index (κ1) is 27.3. The van der Waals surface area contributed by atoms with Crippen molar-refractivity contribution in [1.82, 2.24) is 10.3 Å². The van der Waals surface area contributed by atoms with E-state index in [-0.39, 0.29) is 17.2 Å². The lowest BCUT2D eigenvalue weighted by molar-refractivity contribution is -0.150. The summed E-state index contributed by atoms with van der Waals surface area (Å²) < 4.78 is 42.9. The van der Waals surface area contributed by atoms with Gasteiger partial charge in [-0.1, -0.05) is 24.3 Å². The summed E-state index contributed by atoms with van der Waals surface area (Å²) in [5.41, 5.74) is 1.05. The number of nitrogens with one attached hydrogen (secondary N) is 1. The van der Waals surface area contributed by atoms with Crippen molar-refractivity contribution in [1.29, 1.82) is 0 Å². The molecular weight excluding hydrogens is 486 g/mol. The Morgan fingerprint density at radius 3 is 1.92 bits per heavy atom. The summed E-state index contributed by atoms with van der Waals surface area (Å²) in [4.78, 5) is 41.2. The summed E-state index contributed by atoms with van der Waals surface area (Å²) in [6.07, 6.45) is 0.524. The number of benzene rings is 2. The van der Waals surface area contributed by atoms with Gasteiger partial charge in [-0.15, -0.1) is 0 Å². The van der Waals surface area contributed by atoms with Crippen molar-refractivity contribution >= 4 is 17.8 Å². The highest BCUT2D eigenvalue weighted by atomic mass is 19.1. The second kappa shape index (κ2) is 12.1. The van der Waals surface area contributed by atoms with Gasteiger partial charge < -0.3 is 19.5 Å². The predicted molar refractivity (Wildman–Crippen MR) is 129 cm³/mol. The van der Waals surface area contributed by atoms with E-state index < -0.39 is 47.5 Å². The Morgan fingerprint density at radius 1 is 0.892 bits per heavy atom. The van der Waals surface area contributed by atoms with Crippen LogP contribution in [0.5, 0.6) is 11.5 Å². The average molecular weight is 513 g/mol. The predicted octanol–water partition coefficient (Wildman–Crippen LogP) is 4.18. The molecule has 8 nitrogen and oxygen atoms in total. The normalized spacial score (nSPS) is 12.4. The second-order valence-corrected chi connectivity index (χ2v) is 8.20. The third kappa shape index (κ3) is 6.87. The number of aromatic nitrogens is 1. The molecule has 1 aromatic heterocycles. The number of carbonyl (C=O) groups excluding carboxylic acids is 3. The van der Waals surface area contributed by atoms with Crippen molar-refractivity contribution in [3.05, 3.63) is 89.2 Å². The fourth-order valence-corrected chi connectivity index (χ4v) is 3.75. The maximum absolute atomic E-state index is 13.5. The first-order valence-electron chi connectivity index (χ1n) is 11.3. The first-order valence-corrected chi connectivity index (χ1v) is 11.3. The number of esters is 2. The topological polar surface area (TPSA) is 104 Å². The lowest BCUT2D eigenvalue weighted by atomic mass is 9.87. The molecule has 1 unspecified atom stereocenters. The number of ether oxygens (including phenoxy) is 3. The van der Waals surface area contributed by atoms with E-state index in [1.165, 1.54) is 50.6 Å². The van der Waals surface area contributed by atoms with Crippen LogP contribution in [0.3, 0.4) is 0 Å². The molecule has 0 saturated carbocycles. The van der Waals surface area contributed by atoms with E-state index >= 15 is 0 Å². The number of pyridine rings is 1. The van der Waals surface area contributed by atoms with Crippen LogP contribution in [0.25, 0.3) is 0 Å². The smallest absolute Gasteiger partial charge is 0.328 e. The Bertz CT molecular complexity index is 1220. The number of hydrogen-bond donors (Lipinski definition) is 1. The largest absolute Gasteiger partial charge is 0.493 e. The van der Waals surface area contributed by atoms with Gasteiger partial charge in [-0.25, -0.2) is 18.6 Å². The molecule has 0 spiro atoms. The van der Waals surface area contributed by atoms with Crippen LogP contribution in [-0.2, 0) is 14.3 Å². The van der Waals surface area contributed by atoms with Gasteiger partial charge in [0, 0.05) is 25.1 Å². The lowest BCUT2D eigenvalue weighted by Crippen LogP contribution is -2.41. The van der Waals surface area contributed by atoms with Crippen LogP contribution >= 0.6 is 0 Å². The number of carbonyl (C=O) groups is 3. The highest BCUT2D eigenvalue weighted by Gasteiger charge is 2.29. The van der Waals surface area contributed by atoms with E-state index in [0.29, 0.717) is 11.1 Å². The van der Waals surface area contributed by atoms with Gasteiger partial charge in [0.2, 0.25) is 5.75 Å². The molecule has 37 heavy (non-hydrogen) atoms. The third-order valence-corrected chi connectivity index (χ3v) is 5.48. The molecule has 2 aromatic carbocycles. The number of amides is 1. The zero-order chi connectivity index (χ0) is 27.1. The van der Waals surface area contributed by atoms with E-state index in [9.17, 15) is 23.2 Å². The van der Waals surface area contributed by atoms with Crippen LogP contribution in [-0.4, -0.2) is 42.1 Å². The van der Waals surface area contributed by atoms with Gasteiger partial charge in [0.1, 0.15) is 23.8 Å². The SMILES string of the molecule is COc1ccnc(C(=O)N[C@@H](C)C(=O)OC(C)C(c2ccc(F)cc2)c2ccc(F)cc2)c1OC(C)=O. The van der Waals surface area contributed by atoms with Crippen molar-refractivity contribution in [3.8, 4) is 11.5 Å². The van der Waals surface area contributed by atoms with Crippen molar-refractivity contribution in [2.45, 2.75) is 38.8 Å². The summed E-state index contributed by atoms with van der Waals surface area (Å²) in [5.74, 6) is -3.70. The fraction of sp³-hybridized carbons (Fsp3) is 0.259. The molecule has 3 aromatic rings. The van der Waals surface area contributed by atoms with E-state index in [2.05, 4.69) is 10.3 Å². The van der Waals surface area contributed by atoms with Crippen molar-refractivity contribution in [3.63, 3.8) is 0 Å². The molecule has 0 bridgehead atoms. The average Bonchev–Trinajstić information content (AvgIpc) is 2.86. The van der Waals surface area contributed by atoms with Gasteiger partial charge in [-0.2, -0.15) is 0 Å². The van der Waals surface area contributed by atoms with Gasteiger partial charge in [0.15, 0.2) is 11.4 Å². The van der Waals surface area contributed by atoms with Crippen LogP contribution in [0.1, 0.15) is 48.3 Å². The highest BCUT2D eigenvalue weighted by molar-refractivity contribution is 5.98. The first-order chi connectivity index (χ1) is 17.6. The standard InChI is InChI=1S/C27H26F2N2O6/c1-15(31-26(33)24-25(37-17(3)32)22(35-4)13-14-30-24)27(34)36-16(2)23(18-5-9-20(28)10-6-18)19-7-11-21(29)12-8-19/h5-16,23H,1-4H3,(H,31,33)/t15-,16?/m0/s1. The number of nitrogens with zero attached hydrogens (tertiary/aromatic N) is 1. The van der Waals surface area contributed by atoms with Crippen molar-refractivity contribution < 1.29 is 37.4 Å². The van der Waals surface area contributed by atoms with Crippen LogP contribution in [0.4, 0.5) is 8.78 Å². The number of halogens is 2. The Labute approximate surface area is 212 Å². The molecule has 194 valence electrons. The molecule has 0 radical (unpaired) electrons. The van der Waals surface area contributed by atoms with E-state index in [1.807, 2.05) is 0 Å². The van der Waals surface area contributed by atoms with Crippen LogP contribution in [0, 0.1) is 11.6 Å². The van der Waals surface area contributed by atoms with Crippen molar-refractivity contribution in [2.24, 2.45) is 0 Å². The minimum absolute atomic E-state index is 0.112. The third-order valence-electron chi connectivity index (χ3n) is 5.48. The zero-order valence-corrected chi connectivity index (χ0v) is 20.7. The molecule has 1 amide bonds. The van der Waals surface area contributed by atoms with Gasteiger partial charge in [-0.05, 0) is 49.2 Å². The minimum Gasteiger partial charge on any atom is -0.493 e. The van der Waals surface area contributed by atoms with E-state index in [0.717, 1.165) is 6.92 Å². The molecule has 2 atom stereocenters. The van der Waals surface area contributed by atoms with Crippen LogP contribution in [0.15, 0.2) is 60.8 Å². The number of hydrogen-bond acceptors (Lipinski definition) is 7. The second-order valence-electron chi connectivity index (χ2n) is 8.20. The van der Waals surface area contributed by atoms with E-state index in [1.54, 1.807) is 31.2 Å². The molecule has 0 aliphatic carbocycles. The summed E-state index contributed by atoms with van der Waals surface area (Å²) in [5, 5.41) is 2.48. The molecule has 0 aliphatic rings. The van der Waals surface area contributed by atoms with Gasteiger partial charge in [0.05, 0.1) is 7.11 Å². The summed E-state index contributed by atoms with van der Waals surface area (Å²) in [6.45, 7) is 4.23. The molecule has 0 aliphatic heterocycles. The van der Waals surface area contributed by atoms with Gasteiger partial charge in [-0.3, -0.25) is 9.59 Å². The Kier molecular flexibility index (Phi) is 8.89. The summed E-state index contributed by atoms with van der Waals surface area (Å²) >= 11 is 0. The molecule has 1 heterocycles. The molecule has 0 fully saturated rings. The van der Waals surface area contributed by atoms with Crippen LogP contribution in [0.2, 0.25) is 0 Å². The molecular formula is C27H26F2N2O6. The fourth-order valence-electron chi connectivity index (χ4n) is 3.75.